The Morgan fingerprint density at radius 1 is 1.22 bits per heavy atom. The van der Waals surface area contributed by atoms with Crippen molar-refractivity contribution >= 4 is 17.5 Å². The summed E-state index contributed by atoms with van der Waals surface area (Å²) >= 11 is 0. The second-order valence-corrected chi connectivity index (χ2v) is 4.77. The number of rotatable bonds is 6. The van der Waals surface area contributed by atoms with Crippen LogP contribution in [0.2, 0.25) is 0 Å². The van der Waals surface area contributed by atoms with Gasteiger partial charge in [-0.05, 0) is 17.7 Å². The van der Waals surface area contributed by atoms with E-state index in [-0.39, 0.29) is 17.8 Å². The van der Waals surface area contributed by atoms with E-state index in [2.05, 4.69) is 10.3 Å². The van der Waals surface area contributed by atoms with Gasteiger partial charge < -0.3 is 11.1 Å². The van der Waals surface area contributed by atoms with Crippen molar-refractivity contribution in [2.24, 2.45) is 5.73 Å². The van der Waals surface area contributed by atoms with Crippen molar-refractivity contribution in [2.75, 3.05) is 0 Å². The summed E-state index contributed by atoms with van der Waals surface area (Å²) in [4.78, 5) is 37.5. The van der Waals surface area contributed by atoms with Crippen LogP contribution in [0.1, 0.15) is 16.1 Å². The Hall–Kier alpha value is -3.29. The van der Waals surface area contributed by atoms with Crippen LogP contribution in [-0.2, 0) is 11.2 Å². The maximum atomic E-state index is 12.0. The SMILES string of the molecule is NC(=O)[C@H](Cc1ccc([N+](=O)[O-])cc1)NC(=O)c1ccccn1. The fraction of sp³-hybridized carbons (Fsp3) is 0.133. The van der Waals surface area contributed by atoms with E-state index in [1.807, 2.05) is 0 Å². The number of pyridine rings is 1. The first-order valence-electron chi connectivity index (χ1n) is 6.72. The largest absolute Gasteiger partial charge is 0.368 e. The minimum absolute atomic E-state index is 0.0538. The van der Waals surface area contributed by atoms with E-state index >= 15 is 0 Å². The van der Waals surface area contributed by atoms with Crippen molar-refractivity contribution in [2.45, 2.75) is 12.5 Å². The molecule has 0 aliphatic heterocycles. The molecule has 1 atom stereocenters. The molecule has 0 aliphatic rings. The maximum absolute atomic E-state index is 12.0. The van der Waals surface area contributed by atoms with E-state index in [1.54, 1.807) is 12.1 Å². The lowest BCUT2D eigenvalue weighted by molar-refractivity contribution is -0.384. The topological polar surface area (TPSA) is 128 Å². The number of nitrogens with two attached hydrogens (primary N) is 1. The molecular weight excluding hydrogens is 300 g/mol. The number of amides is 2. The molecular formula is C15H14N4O4. The molecule has 2 aromatic rings. The van der Waals surface area contributed by atoms with E-state index in [0.717, 1.165) is 0 Å². The average molecular weight is 314 g/mol. The van der Waals surface area contributed by atoms with Crippen LogP contribution < -0.4 is 11.1 Å². The normalized spacial score (nSPS) is 11.5. The van der Waals surface area contributed by atoms with Crippen molar-refractivity contribution < 1.29 is 14.5 Å². The predicted molar refractivity (Wildman–Crippen MR) is 81.5 cm³/mol. The molecule has 0 radical (unpaired) electrons. The lowest BCUT2D eigenvalue weighted by Crippen LogP contribution is -2.46. The van der Waals surface area contributed by atoms with Gasteiger partial charge in [-0.15, -0.1) is 0 Å². The Morgan fingerprint density at radius 3 is 2.43 bits per heavy atom. The molecule has 0 saturated heterocycles. The molecule has 2 amide bonds. The molecule has 0 unspecified atom stereocenters. The Bertz CT molecular complexity index is 716. The Kier molecular flexibility index (Phi) is 4.98. The predicted octanol–water partition coefficient (Wildman–Crippen LogP) is 0.816. The molecule has 2 rings (SSSR count). The Labute approximate surface area is 131 Å². The first-order chi connectivity index (χ1) is 11.0. The highest BCUT2D eigenvalue weighted by Crippen LogP contribution is 2.13. The molecule has 8 heteroatoms. The average Bonchev–Trinajstić information content (AvgIpc) is 2.55. The summed E-state index contributed by atoms with van der Waals surface area (Å²) in [6.07, 6.45) is 1.59. The molecule has 118 valence electrons. The summed E-state index contributed by atoms with van der Waals surface area (Å²) in [6.45, 7) is 0. The minimum atomic E-state index is -0.939. The summed E-state index contributed by atoms with van der Waals surface area (Å²) in [5.41, 5.74) is 6.06. The Morgan fingerprint density at radius 2 is 1.91 bits per heavy atom. The van der Waals surface area contributed by atoms with Gasteiger partial charge >= 0.3 is 0 Å². The van der Waals surface area contributed by atoms with Crippen LogP contribution in [0, 0.1) is 10.1 Å². The van der Waals surface area contributed by atoms with Crippen LogP contribution in [0.15, 0.2) is 48.7 Å². The highest BCUT2D eigenvalue weighted by atomic mass is 16.6. The van der Waals surface area contributed by atoms with Gasteiger partial charge in [-0.3, -0.25) is 24.7 Å². The number of primary amides is 1. The van der Waals surface area contributed by atoms with Crippen LogP contribution in [0.25, 0.3) is 0 Å². The van der Waals surface area contributed by atoms with Gasteiger partial charge in [0.15, 0.2) is 0 Å². The number of non-ortho nitro benzene ring substituents is 1. The van der Waals surface area contributed by atoms with Crippen LogP contribution in [0.5, 0.6) is 0 Å². The van der Waals surface area contributed by atoms with E-state index < -0.39 is 22.8 Å². The highest BCUT2D eigenvalue weighted by Gasteiger charge is 2.20. The smallest absolute Gasteiger partial charge is 0.270 e. The highest BCUT2D eigenvalue weighted by molar-refractivity contribution is 5.95. The van der Waals surface area contributed by atoms with Crippen LogP contribution >= 0.6 is 0 Å². The number of aromatic nitrogens is 1. The van der Waals surface area contributed by atoms with Crippen LogP contribution in [-0.4, -0.2) is 27.8 Å². The van der Waals surface area contributed by atoms with E-state index in [1.165, 1.54) is 36.5 Å². The third-order valence-electron chi connectivity index (χ3n) is 3.13. The number of carbonyl (C=O) groups excluding carboxylic acids is 2. The second-order valence-electron chi connectivity index (χ2n) is 4.77. The number of nitro groups is 1. The molecule has 23 heavy (non-hydrogen) atoms. The summed E-state index contributed by atoms with van der Waals surface area (Å²) in [5, 5.41) is 13.1. The second kappa shape index (κ2) is 7.12. The third-order valence-corrected chi connectivity index (χ3v) is 3.13. The summed E-state index contributed by atoms with van der Waals surface area (Å²) in [5.74, 6) is -1.22. The lowest BCUT2D eigenvalue weighted by Gasteiger charge is -2.15. The van der Waals surface area contributed by atoms with Gasteiger partial charge in [0.05, 0.1) is 4.92 Å². The molecule has 0 saturated carbocycles. The van der Waals surface area contributed by atoms with Gasteiger partial charge in [0.25, 0.3) is 11.6 Å². The summed E-state index contributed by atoms with van der Waals surface area (Å²) in [6, 6.07) is 9.57. The van der Waals surface area contributed by atoms with E-state index in [9.17, 15) is 19.7 Å². The van der Waals surface area contributed by atoms with Crippen LogP contribution in [0.4, 0.5) is 5.69 Å². The number of nitrogens with one attached hydrogen (secondary N) is 1. The number of carbonyl (C=O) groups is 2. The molecule has 1 heterocycles. The number of nitrogens with zero attached hydrogens (tertiary/aromatic N) is 2. The van der Waals surface area contributed by atoms with Gasteiger partial charge in [0, 0.05) is 24.8 Å². The molecule has 0 bridgehead atoms. The monoisotopic (exact) mass is 314 g/mol. The van der Waals surface area contributed by atoms with Crippen molar-refractivity contribution in [3.63, 3.8) is 0 Å². The molecule has 0 aliphatic carbocycles. The third kappa shape index (κ3) is 4.34. The number of benzene rings is 1. The zero-order valence-corrected chi connectivity index (χ0v) is 12.0. The number of hydrogen-bond acceptors (Lipinski definition) is 5. The van der Waals surface area contributed by atoms with E-state index in [4.69, 9.17) is 5.73 Å². The zero-order valence-electron chi connectivity index (χ0n) is 12.0. The lowest BCUT2D eigenvalue weighted by atomic mass is 10.0. The van der Waals surface area contributed by atoms with Gasteiger partial charge in [0.2, 0.25) is 5.91 Å². The summed E-state index contributed by atoms with van der Waals surface area (Å²) < 4.78 is 0. The van der Waals surface area contributed by atoms with Crippen molar-refractivity contribution in [3.05, 3.63) is 70.0 Å². The fourth-order valence-corrected chi connectivity index (χ4v) is 1.94. The van der Waals surface area contributed by atoms with Gasteiger partial charge in [0.1, 0.15) is 11.7 Å². The first kappa shape index (κ1) is 16.1. The van der Waals surface area contributed by atoms with Gasteiger partial charge in [-0.2, -0.15) is 0 Å². The van der Waals surface area contributed by atoms with Crippen molar-refractivity contribution in [1.29, 1.82) is 0 Å². The number of nitro benzene ring substituents is 1. The Balaban J connectivity index is 2.08. The molecule has 8 nitrogen and oxygen atoms in total. The van der Waals surface area contributed by atoms with Crippen molar-refractivity contribution in [1.82, 2.24) is 10.3 Å². The standard InChI is InChI=1S/C15H14N4O4/c16-14(20)13(18-15(21)12-3-1-2-8-17-12)9-10-4-6-11(7-5-10)19(22)23/h1-8,13H,9H2,(H2,16,20)(H,18,21)/t13-/m0/s1. The van der Waals surface area contributed by atoms with Gasteiger partial charge in [-0.25, -0.2) is 0 Å². The fourth-order valence-electron chi connectivity index (χ4n) is 1.94. The molecule has 0 fully saturated rings. The van der Waals surface area contributed by atoms with E-state index in [0.29, 0.717) is 5.56 Å². The molecule has 1 aromatic heterocycles. The quantitative estimate of drug-likeness (QED) is 0.602. The minimum Gasteiger partial charge on any atom is -0.368 e. The molecule has 1 aromatic carbocycles. The zero-order chi connectivity index (χ0) is 16.8. The number of hydrogen-bond donors (Lipinski definition) is 2. The van der Waals surface area contributed by atoms with Crippen molar-refractivity contribution in [3.8, 4) is 0 Å². The van der Waals surface area contributed by atoms with Crippen LogP contribution in [0.3, 0.4) is 0 Å². The maximum Gasteiger partial charge on any atom is 0.270 e. The van der Waals surface area contributed by atoms with Gasteiger partial charge in [-0.1, -0.05) is 18.2 Å². The summed E-state index contributed by atoms with van der Waals surface area (Å²) in [7, 11) is 0. The molecule has 0 spiro atoms. The molecule has 3 N–H and O–H groups in total. The first-order valence-corrected chi connectivity index (χ1v) is 6.72.